The van der Waals surface area contributed by atoms with E-state index in [0.29, 0.717) is 30.5 Å². The van der Waals surface area contributed by atoms with E-state index in [9.17, 15) is 4.79 Å². The van der Waals surface area contributed by atoms with Crippen LogP contribution in [-0.2, 0) is 0 Å². The fraction of sp³-hybridized carbons (Fsp3) is 0.304. The molecule has 3 aliphatic heterocycles. The summed E-state index contributed by atoms with van der Waals surface area (Å²) in [5, 5.41) is 2.92. The standard InChI is InChI=1S/C23H24N6O3/c1-16-11-17(4-6-24-16)20-3-2-7-28-8-5-19(14-28)29(15-26-20)23(30)27-18-12-21-22(25-13-18)32-10-9-31-21/h2-4,6-7,11-13,15,19H,5,8-10,14H2,1H3,(H,27,30)/t19-/m0/s1. The van der Waals surface area contributed by atoms with Crippen LogP contribution in [0.2, 0.25) is 0 Å². The molecule has 2 aromatic rings. The summed E-state index contributed by atoms with van der Waals surface area (Å²) in [5.41, 5.74) is 3.15. The summed E-state index contributed by atoms with van der Waals surface area (Å²) in [6.45, 7) is 4.49. The van der Waals surface area contributed by atoms with Gasteiger partial charge in [-0.15, -0.1) is 0 Å². The van der Waals surface area contributed by atoms with Crippen LogP contribution in [0.4, 0.5) is 10.5 Å². The molecule has 0 saturated carbocycles. The fourth-order valence-corrected chi connectivity index (χ4v) is 3.93. The Morgan fingerprint density at radius 3 is 3.03 bits per heavy atom. The molecule has 5 rings (SSSR count). The quantitative estimate of drug-likeness (QED) is 0.784. The number of pyridine rings is 2. The number of carbonyl (C=O) groups excluding carboxylic acids is 1. The van der Waals surface area contributed by atoms with E-state index in [1.165, 1.54) is 0 Å². The summed E-state index contributed by atoms with van der Waals surface area (Å²) in [5.74, 6) is 0.967. The lowest BCUT2D eigenvalue weighted by Crippen LogP contribution is -2.43. The predicted octanol–water partition coefficient (Wildman–Crippen LogP) is 3.06. The Hall–Kier alpha value is -3.88. The first-order chi connectivity index (χ1) is 15.7. The average molecular weight is 432 g/mol. The molecule has 1 atom stereocenters. The van der Waals surface area contributed by atoms with Gasteiger partial charge in [0.15, 0.2) is 5.75 Å². The largest absolute Gasteiger partial charge is 0.484 e. The summed E-state index contributed by atoms with van der Waals surface area (Å²) < 4.78 is 11.0. The Labute approximate surface area is 186 Å². The van der Waals surface area contributed by atoms with E-state index < -0.39 is 0 Å². The molecule has 2 amide bonds. The van der Waals surface area contributed by atoms with Crippen LogP contribution < -0.4 is 14.8 Å². The van der Waals surface area contributed by atoms with Crippen LogP contribution in [0, 0.1) is 6.92 Å². The van der Waals surface area contributed by atoms with E-state index in [1.54, 1.807) is 29.7 Å². The number of nitrogens with zero attached hydrogens (tertiary/aromatic N) is 5. The van der Waals surface area contributed by atoms with Gasteiger partial charge in [-0.25, -0.2) is 14.8 Å². The number of nitrogens with one attached hydrogen (secondary N) is 1. The fourth-order valence-electron chi connectivity index (χ4n) is 3.93. The molecule has 5 heterocycles. The lowest BCUT2D eigenvalue weighted by atomic mass is 10.1. The number of rotatable bonds is 2. The van der Waals surface area contributed by atoms with Crippen LogP contribution in [0.3, 0.4) is 0 Å². The number of carbonyl (C=O) groups is 1. The maximum absolute atomic E-state index is 13.2. The van der Waals surface area contributed by atoms with E-state index in [-0.39, 0.29) is 12.1 Å². The predicted molar refractivity (Wildman–Crippen MR) is 121 cm³/mol. The maximum Gasteiger partial charge on any atom is 0.327 e. The highest BCUT2D eigenvalue weighted by atomic mass is 16.6. The minimum Gasteiger partial charge on any atom is -0.484 e. The zero-order chi connectivity index (χ0) is 21.9. The number of hydrogen-bond acceptors (Lipinski definition) is 7. The summed E-state index contributed by atoms with van der Waals surface area (Å²) in [6.07, 6.45) is 11.8. The SMILES string of the molecule is Cc1cc(C2=CC=CN3CC[C@@H](C3)N(C(=O)Nc3cnc4c(c3)OCCO4)C=N2)ccn1. The molecular weight excluding hydrogens is 408 g/mol. The number of aliphatic imine (C=N–C) groups is 1. The molecule has 9 nitrogen and oxygen atoms in total. The smallest absolute Gasteiger partial charge is 0.327 e. The Kier molecular flexibility index (Phi) is 5.45. The molecule has 1 fully saturated rings. The Bertz CT molecular complexity index is 1110. The molecule has 3 aliphatic rings. The highest BCUT2D eigenvalue weighted by molar-refractivity contribution is 5.97. The second kappa shape index (κ2) is 8.70. The van der Waals surface area contributed by atoms with Gasteiger partial charge in [0.2, 0.25) is 0 Å². The Balaban J connectivity index is 1.41. The highest BCUT2D eigenvalue weighted by Gasteiger charge is 2.29. The molecule has 0 spiro atoms. The third kappa shape index (κ3) is 4.27. The summed E-state index contributed by atoms with van der Waals surface area (Å²) >= 11 is 0. The molecule has 0 aliphatic carbocycles. The van der Waals surface area contributed by atoms with Crippen molar-refractivity contribution in [1.29, 1.82) is 0 Å². The van der Waals surface area contributed by atoms with Crippen LogP contribution >= 0.6 is 0 Å². The first-order valence-corrected chi connectivity index (χ1v) is 10.6. The van der Waals surface area contributed by atoms with Gasteiger partial charge in [-0.2, -0.15) is 0 Å². The van der Waals surface area contributed by atoms with Gasteiger partial charge in [-0.05, 0) is 43.8 Å². The van der Waals surface area contributed by atoms with Crippen molar-refractivity contribution in [3.05, 3.63) is 60.2 Å². The molecule has 1 saturated heterocycles. The lowest BCUT2D eigenvalue weighted by Gasteiger charge is -2.26. The van der Waals surface area contributed by atoms with E-state index >= 15 is 0 Å². The van der Waals surface area contributed by atoms with Gasteiger partial charge >= 0.3 is 6.03 Å². The molecule has 9 heteroatoms. The monoisotopic (exact) mass is 432 g/mol. The van der Waals surface area contributed by atoms with E-state index in [1.807, 2.05) is 31.2 Å². The van der Waals surface area contributed by atoms with Gasteiger partial charge in [0.25, 0.3) is 5.88 Å². The molecule has 0 radical (unpaired) electrons. The van der Waals surface area contributed by atoms with Crippen molar-refractivity contribution in [2.45, 2.75) is 19.4 Å². The van der Waals surface area contributed by atoms with Crippen LogP contribution in [0.5, 0.6) is 11.6 Å². The number of amides is 2. The van der Waals surface area contributed by atoms with E-state index in [0.717, 1.165) is 36.5 Å². The minimum atomic E-state index is -0.270. The normalized spacial score (nSPS) is 19.5. The molecule has 2 aromatic heterocycles. The molecule has 1 N–H and O–H groups in total. The zero-order valence-electron chi connectivity index (χ0n) is 17.8. The van der Waals surface area contributed by atoms with Crippen molar-refractivity contribution in [3.63, 3.8) is 0 Å². The number of aromatic nitrogens is 2. The second-order valence-corrected chi connectivity index (χ2v) is 7.82. The zero-order valence-corrected chi connectivity index (χ0v) is 17.8. The number of anilines is 1. The number of fused-ring (bicyclic) bond motifs is 3. The van der Waals surface area contributed by atoms with Crippen LogP contribution in [-0.4, -0.2) is 64.5 Å². The van der Waals surface area contributed by atoms with Crippen molar-refractivity contribution in [2.75, 3.05) is 31.6 Å². The molecular formula is C23H24N6O3. The van der Waals surface area contributed by atoms with Gasteiger partial charge < -0.3 is 19.7 Å². The van der Waals surface area contributed by atoms with Gasteiger partial charge in [-0.1, -0.05) is 0 Å². The highest BCUT2D eigenvalue weighted by Crippen LogP contribution is 2.30. The Morgan fingerprint density at radius 2 is 2.12 bits per heavy atom. The molecule has 32 heavy (non-hydrogen) atoms. The number of hydrogen-bond donors (Lipinski definition) is 1. The van der Waals surface area contributed by atoms with Crippen LogP contribution in [0.15, 0.2) is 53.9 Å². The summed E-state index contributed by atoms with van der Waals surface area (Å²) in [7, 11) is 0. The van der Waals surface area contributed by atoms with Crippen molar-refractivity contribution in [2.24, 2.45) is 4.99 Å². The number of urea groups is 1. The van der Waals surface area contributed by atoms with Crippen molar-refractivity contribution >= 4 is 23.8 Å². The van der Waals surface area contributed by atoms with Gasteiger partial charge in [0.05, 0.1) is 30.0 Å². The average Bonchev–Trinajstić information content (AvgIpc) is 3.25. The van der Waals surface area contributed by atoms with Gasteiger partial charge in [-0.3, -0.25) is 9.88 Å². The van der Waals surface area contributed by atoms with E-state index in [2.05, 4.69) is 31.4 Å². The number of aryl methyl sites for hydroxylation is 1. The first-order valence-electron chi connectivity index (χ1n) is 10.6. The van der Waals surface area contributed by atoms with Gasteiger partial charge in [0.1, 0.15) is 13.2 Å². The third-order valence-electron chi connectivity index (χ3n) is 5.54. The van der Waals surface area contributed by atoms with E-state index in [4.69, 9.17) is 9.47 Å². The van der Waals surface area contributed by atoms with Crippen molar-refractivity contribution < 1.29 is 14.3 Å². The second-order valence-electron chi connectivity index (χ2n) is 7.82. The van der Waals surface area contributed by atoms with Crippen LogP contribution in [0.1, 0.15) is 17.7 Å². The van der Waals surface area contributed by atoms with Crippen molar-refractivity contribution in [1.82, 2.24) is 19.8 Å². The first kappa shape index (κ1) is 20.0. The third-order valence-corrected chi connectivity index (χ3v) is 5.54. The maximum atomic E-state index is 13.2. The summed E-state index contributed by atoms with van der Waals surface area (Å²) in [4.78, 5) is 30.3. The Morgan fingerprint density at radius 1 is 1.22 bits per heavy atom. The molecule has 2 bridgehead atoms. The topological polar surface area (TPSA) is 92.2 Å². The van der Waals surface area contributed by atoms with Crippen molar-refractivity contribution in [3.8, 4) is 11.6 Å². The molecule has 164 valence electrons. The minimum absolute atomic E-state index is 0.00657. The molecule has 0 unspecified atom stereocenters. The molecule has 0 aromatic carbocycles. The van der Waals surface area contributed by atoms with Gasteiger partial charge in [0, 0.05) is 36.6 Å². The summed E-state index contributed by atoms with van der Waals surface area (Å²) in [6, 6.07) is 5.35. The number of ether oxygens (including phenoxy) is 2. The van der Waals surface area contributed by atoms with Crippen LogP contribution in [0.25, 0.3) is 5.70 Å². The number of allylic oxidation sites excluding steroid dienone is 2. The lowest BCUT2D eigenvalue weighted by molar-refractivity contribution is 0.164.